The van der Waals surface area contributed by atoms with Gasteiger partial charge >= 0.3 is 12.2 Å². The van der Waals surface area contributed by atoms with E-state index in [1.165, 1.54) is 6.07 Å². The molecule has 0 unspecified atom stereocenters. The van der Waals surface area contributed by atoms with E-state index in [1.807, 2.05) is 41.3 Å². The molecule has 3 aromatic rings. The molecule has 32 heavy (non-hydrogen) atoms. The molecule has 0 aromatic heterocycles. The predicted octanol–water partition coefficient (Wildman–Crippen LogP) is 4.90. The lowest BCUT2D eigenvalue weighted by Gasteiger charge is -2.36. The first-order valence-electron chi connectivity index (χ1n) is 10.4. The van der Waals surface area contributed by atoms with Crippen LogP contribution >= 0.6 is 0 Å². The highest BCUT2D eigenvalue weighted by Gasteiger charge is 2.31. The summed E-state index contributed by atoms with van der Waals surface area (Å²) in [5.74, 6) is 0.794. The molecule has 0 spiro atoms. The Balaban J connectivity index is 1.32. The topological polar surface area (TPSA) is 44.8 Å². The number of amides is 2. The van der Waals surface area contributed by atoms with Gasteiger partial charge in [0.15, 0.2) is 0 Å². The zero-order valence-electron chi connectivity index (χ0n) is 17.7. The molecule has 1 aliphatic heterocycles. The fraction of sp³-hybridized carbons (Fsp3) is 0.292. The van der Waals surface area contributed by atoms with E-state index in [0.29, 0.717) is 38.4 Å². The quantitative estimate of drug-likeness (QED) is 0.624. The van der Waals surface area contributed by atoms with Gasteiger partial charge in [-0.1, -0.05) is 24.3 Å². The van der Waals surface area contributed by atoms with Crippen LogP contribution in [0.25, 0.3) is 10.8 Å². The normalized spacial score (nSPS) is 14.5. The number of urea groups is 1. The number of carbonyl (C=O) groups excluding carboxylic acids is 1. The fourth-order valence-corrected chi connectivity index (χ4v) is 3.85. The predicted molar refractivity (Wildman–Crippen MR) is 118 cm³/mol. The van der Waals surface area contributed by atoms with E-state index < -0.39 is 11.7 Å². The first kappa shape index (κ1) is 21.8. The summed E-state index contributed by atoms with van der Waals surface area (Å²) in [6, 6.07) is 17.0. The average Bonchev–Trinajstić information content (AvgIpc) is 2.81. The minimum absolute atomic E-state index is 0.177. The zero-order chi connectivity index (χ0) is 22.7. The first-order chi connectivity index (χ1) is 15.3. The number of benzene rings is 3. The van der Waals surface area contributed by atoms with Crippen molar-refractivity contribution in [3.05, 3.63) is 71.8 Å². The van der Waals surface area contributed by atoms with Gasteiger partial charge in [-0.2, -0.15) is 13.2 Å². The summed E-state index contributed by atoms with van der Waals surface area (Å²) in [5.41, 5.74) is 0.843. The molecule has 1 heterocycles. The van der Waals surface area contributed by atoms with Crippen LogP contribution in [0.15, 0.2) is 60.7 Å². The Morgan fingerprint density at radius 3 is 2.41 bits per heavy atom. The molecule has 168 valence electrons. The first-order valence-corrected chi connectivity index (χ1v) is 10.4. The highest BCUT2D eigenvalue weighted by atomic mass is 19.4. The molecule has 0 bridgehead atoms. The SMILES string of the molecule is COc1ccc2cc(CNC(=O)N3CCN(c4cccc(C(F)(F)F)c4)CC3)ccc2c1. The Morgan fingerprint density at radius 1 is 0.969 bits per heavy atom. The lowest BCUT2D eigenvalue weighted by molar-refractivity contribution is -0.137. The Morgan fingerprint density at radius 2 is 1.69 bits per heavy atom. The number of ether oxygens (including phenoxy) is 1. The van der Waals surface area contributed by atoms with E-state index in [4.69, 9.17) is 4.74 Å². The number of piperazine rings is 1. The standard InChI is InChI=1S/C24H24F3N3O2/c1-32-22-8-7-18-13-17(5-6-19(18)14-22)16-28-23(31)30-11-9-29(10-12-30)21-4-2-3-20(15-21)24(25,26)27/h2-8,13-15H,9-12,16H2,1H3,(H,28,31). The molecule has 0 aliphatic carbocycles. The summed E-state index contributed by atoms with van der Waals surface area (Å²) < 4.78 is 44.1. The van der Waals surface area contributed by atoms with Gasteiger partial charge < -0.3 is 19.9 Å². The maximum Gasteiger partial charge on any atom is 0.416 e. The van der Waals surface area contributed by atoms with Crippen molar-refractivity contribution in [3.63, 3.8) is 0 Å². The number of alkyl halides is 3. The van der Waals surface area contributed by atoms with Crippen LogP contribution in [0, 0.1) is 0 Å². The number of anilines is 1. The second-order valence-corrected chi connectivity index (χ2v) is 7.73. The molecule has 0 saturated carbocycles. The van der Waals surface area contributed by atoms with Gasteiger partial charge in [0.25, 0.3) is 0 Å². The molecule has 0 radical (unpaired) electrons. The lowest BCUT2D eigenvalue weighted by atomic mass is 10.1. The molecule has 3 aromatic carbocycles. The summed E-state index contributed by atoms with van der Waals surface area (Å²) in [5, 5.41) is 5.06. The van der Waals surface area contributed by atoms with Crippen molar-refractivity contribution in [3.8, 4) is 5.75 Å². The largest absolute Gasteiger partial charge is 0.497 e. The zero-order valence-corrected chi connectivity index (χ0v) is 17.7. The number of halogens is 3. The Hall–Kier alpha value is -3.42. The fourth-order valence-electron chi connectivity index (χ4n) is 3.85. The number of hydrogen-bond donors (Lipinski definition) is 1. The third kappa shape index (κ3) is 4.90. The van der Waals surface area contributed by atoms with Crippen LogP contribution in [-0.2, 0) is 12.7 Å². The van der Waals surface area contributed by atoms with Gasteiger partial charge in [-0.05, 0) is 52.7 Å². The van der Waals surface area contributed by atoms with Gasteiger partial charge in [-0.3, -0.25) is 0 Å². The Bertz CT molecular complexity index is 1110. The van der Waals surface area contributed by atoms with Gasteiger partial charge in [0.2, 0.25) is 0 Å². The van der Waals surface area contributed by atoms with Crippen LogP contribution in [0.5, 0.6) is 5.75 Å². The van der Waals surface area contributed by atoms with Gasteiger partial charge in [0, 0.05) is 38.4 Å². The number of nitrogens with zero attached hydrogens (tertiary/aromatic N) is 2. The average molecular weight is 443 g/mol. The summed E-state index contributed by atoms with van der Waals surface area (Å²) in [6.07, 6.45) is -4.37. The van der Waals surface area contributed by atoms with E-state index in [0.717, 1.165) is 34.2 Å². The molecule has 1 N–H and O–H groups in total. The second-order valence-electron chi connectivity index (χ2n) is 7.73. The van der Waals surface area contributed by atoms with E-state index >= 15 is 0 Å². The highest BCUT2D eigenvalue weighted by molar-refractivity contribution is 5.84. The molecule has 0 atom stereocenters. The molecule has 8 heteroatoms. The summed E-state index contributed by atoms with van der Waals surface area (Å²) in [4.78, 5) is 16.1. The summed E-state index contributed by atoms with van der Waals surface area (Å²) in [7, 11) is 1.63. The van der Waals surface area contributed by atoms with Crippen LogP contribution < -0.4 is 15.0 Å². The number of hydrogen-bond acceptors (Lipinski definition) is 3. The molecule has 2 amide bonds. The monoisotopic (exact) mass is 443 g/mol. The molecule has 1 saturated heterocycles. The van der Waals surface area contributed by atoms with Crippen molar-refractivity contribution in [2.24, 2.45) is 0 Å². The Labute approximate surface area is 184 Å². The number of carbonyl (C=O) groups is 1. The van der Waals surface area contributed by atoms with Gasteiger partial charge in [0.05, 0.1) is 12.7 Å². The van der Waals surface area contributed by atoms with Crippen LogP contribution in [0.2, 0.25) is 0 Å². The number of rotatable bonds is 4. The van der Waals surface area contributed by atoms with Crippen molar-refractivity contribution in [1.82, 2.24) is 10.2 Å². The Kier molecular flexibility index (Phi) is 6.12. The molecule has 1 aliphatic rings. The van der Waals surface area contributed by atoms with Crippen molar-refractivity contribution >= 4 is 22.5 Å². The summed E-state index contributed by atoms with van der Waals surface area (Å²) >= 11 is 0. The van der Waals surface area contributed by atoms with Crippen LogP contribution in [0.1, 0.15) is 11.1 Å². The number of methoxy groups -OCH3 is 1. The van der Waals surface area contributed by atoms with Gasteiger partial charge in [-0.15, -0.1) is 0 Å². The van der Waals surface area contributed by atoms with E-state index in [1.54, 1.807) is 18.1 Å². The third-order valence-electron chi connectivity index (χ3n) is 5.66. The second kappa shape index (κ2) is 8.98. The highest BCUT2D eigenvalue weighted by Crippen LogP contribution is 2.32. The van der Waals surface area contributed by atoms with Crippen molar-refractivity contribution in [2.75, 3.05) is 38.2 Å². The minimum atomic E-state index is -4.37. The van der Waals surface area contributed by atoms with E-state index in [2.05, 4.69) is 5.32 Å². The summed E-state index contributed by atoms with van der Waals surface area (Å²) in [6.45, 7) is 2.24. The van der Waals surface area contributed by atoms with Crippen LogP contribution in [0.4, 0.5) is 23.7 Å². The molecule has 5 nitrogen and oxygen atoms in total. The van der Waals surface area contributed by atoms with Crippen molar-refractivity contribution in [1.29, 1.82) is 0 Å². The van der Waals surface area contributed by atoms with Crippen molar-refractivity contribution < 1.29 is 22.7 Å². The molecular formula is C24H24F3N3O2. The molecule has 1 fully saturated rings. The van der Waals surface area contributed by atoms with E-state index in [9.17, 15) is 18.0 Å². The van der Waals surface area contributed by atoms with Gasteiger partial charge in [0.1, 0.15) is 5.75 Å². The minimum Gasteiger partial charge on any atom is -0.497 e. The van der Waals surface area contributed by atoms with Gasteiger partial charge in [-0.25, -0.2) is 4.79 Å². The number of nitrogens with one attached hydrogen (secondary N) is 1. The number of fused-ring (bicyclic) bond motifs is 1. The van der Waals surface area contributed by atoms with Crippen molar-refractivity contribution in [2.45, 2.75) is 12.7 Å². The van der Waals surface area contributed by atoms with Crippen LogP contribution in [-0.4, -0.2) is 44.2 Å². The molecule has 4 rings (SSSR count). The maximum atomic E-state index is 13.0. The third-order valence-corrected chi connectivity index (χ3v) is 5.66. The smallest absolute Gasteiger partial charge is 0.416 e. The van der Waals surface area contributed by atoms with E-state index in [-0.39, 0.29) is 6.03 Å². The van der Waals surface area contributed by atoms with Crippen LogP contribution in [0.3, 0.4) is 0 Å². The maximum absolute atomic E-state index is 13.0. The molecular weight excluding hydrogens is 419 g/mol. The lowest BCUT2D eigenvalue weighted by Crippen LogP contribution is -2.51.